The molecule has 1 aromatic carbocycles. The number of amides is 1. The fraction of sp³-hybridized carbons (Fsp3) is 0.600. The molecule has 7 nitrogen and oxygen atoms in total. The van der Waals surface area contributed by atoms with Gasteiger partial charge in [0.25, 0.3) is 0 Å². The number of piperidine rings is 1. The number of nitrogens with zero attached hydrogens (tertiary/aromatic N) is 2. The van der Waals surface area contributed by atoms with Crippen LogP contribution in [-0.4, -0.2) is 71.6 Å². The number of nitrogens with one attached hydrogen (secondary N) is 1. The SMILES string of the molecule is CCO[C@@H]1C[C@H]1C(=O)Nc1cc2cc(C3CCN([C@@]4(C)COC[C@H]4O)CC3)c(Cl)cc2cn1. The van der Waals surface area contributed by atoms with Crippen LogP contribution in [0.3, 0.4) is 0 Å². The predicted octanol–water partition coefficient (Wildman–Crippen LogP) is 3.58. The fourth-order valence-electron chi connectivity index (χ4n) is 5.29. The zero-order chi connectivity index (χ0) is 23.2. The molecular formula is C25H32ClN3O4. The van der Waals surface area contributed by atoms with E-state index >= 15 is 0 Å². The van der Waals surface area contributed by atoms with Crippen LogP contribution in [0.4, 0.5) is 5.82 Å². The minimum absolute atomic E-state index is 0.0332. The van der Waals surface area contributed by atoms with Crippen LogP contribution in [0.15, 0.2) is 24.4 Å². The van der Waals surface area contributed by atoms with Crippen molar-refractivity contribution in [2.75, 3.05) is 38.2 Å². The van der Waals surface area contributed by atoms with Gasteiger partial charge in [-0.05, 0) is 81.3 Å². The summed E-state index contributed by atoms with van der Waals surface area (Å²) in [5, 5.41) is 16.1. The Morgan fingerprint density at radius 3 is 2.82 bits per heavy atom. The third-order valence-corrected chi connectivity index (χ3v) is 7.91. The summed E-state index contributed by atoms with van der Waals surface area (Å²) in [5.74, 6) is 0.791. The summed E-state index contributed by atoms with van der Waals surface area (Å²) in [6.07, 6.45) is 4.07. The molecule has 0 unspecified atom stereocenters. The second-order valence-corrected chi connectivity index (χ2v) is 10.2. The highest BCUT2D eigenvalue weighted by Crippen LogP contribution is 2.39. The molecule has 0 bridgehead atoms. The number of aromatic nitrogens is 1. The topological polar surface area (TPSA) is 83.9 Å². The first-order valence-electron chi connectivity index (χ1n) is 11.9. The number of carbonyl (C=O) groups is 1. The van der Waals surface area contributed by atoms with Gasteiger partial charge in [0.05, 0.1) is 36.9 Å². The maximum Gasteiger partial charge on any atom is 0.231 e. The first-order chi connectivity index (χ1) is 15.9. The molecule has 5 rings (SSSR count). The van der Waals surface area contributed by atoms with Gasteiger partial charge in [0, 0.05) is 23.2 Å². The number of likely N-dealkylation sites (tertiary alicyclic amines) is 1. The summed E-state index contributed by atoms with van der Waals surface area (Å²) in [7, 11) is 0. The van der Waals surface area contributed by atoms with Crippen molar-refractivity contribution < 1.29 is 19.4 Å². The van der Waals surface area contributed by atoms with E-state index in [1.165, 1.54) is 0 Å². The van der Waals surface area contributed by atoms with Gasteiger partial charge in [0.1, 0.15) is 5.82 Å². The van der Waals surface area contributed by atoms with Gasteiger partial charge in [-0.15, -0.1) is 0 Å². The van der Waals surface area contributed by atoms with Gasteiger partial charge >= 0.3 is 0 Å². The molecule has 1 aromatic heterocycles. The zero-order valence-electron chi connectivity index (χ0n) is 19.2. The van der Waals surface area contributed by atoms with Crippen LogP contribution in [0.2, 0.25) is 5.02 Å². The molecule has 2 aliphatic heterocycles. The zero-order valence-corrected chi connectivity index (χ0v) is 20.0. The van der Waals surface area contributed by atoms with Crippen LogP contribution in [-0.2, 0) is 14.3 Å². The van der Waals surface area contributed by atoms with E-state index in [1.54, 1.807) is 6.20 Å². The van der Waals surface area contributed by atoms with E-state index in [-0.39, 0.29) is 23.5 Å². The van der Waals surface area contributed by atoms with Crippen LogP contribution >= 0.6 is 11.6 Å². The summed E-state index contributed by atoms with van der Waals surface area (Å²) in [5.41, 5.74) is 0.832. The highest BCUT2D eigenvalue weighted by atomic mass is 35.5. The van der Waals surface area contributed by atoms with Gasteiger partial charge in [-0.25, -0.2) is 4.98 Å². The van der Waals surface area contributed by atoms with E-state index in [0.29, 0.717) is 31.6 Å². The lowest BCUT2D eigenvalue weighted by Crippen LogP contribution is -2.56. The van der Waals surface area contributed by atoms with Crippen LogP contribution in [0.25, 0.3) is 10.8 Å². The number of hydrogen-bond acceptors (Lipinski definition) is 6. The maximum atomic E-state index is 12.5. The van der Waals surface area contributed by atoms with Gasteiger partial charge in [-0.3, -0.25) is 9.69 Å². The number of aliphatic hydroxyl groups is 1. The summed E-state index contributed by atoms with van der Waals surface area (Å²) in [6, 6.07) is 6.04. The number of pyridine rings is 1. The Bertz CT molecular complexity index is 1040. The van der Waals surface area contributed by atoms with Crippen LogP contribution in [0.5, 0.6) is 0 Å². The number of carbonyl (C=O) groups excluding carboxylic acids is 1. The number of ether oxygens (including phenoxy) is 2. The lowest BCUT2D eigenvalue weighted by atomic mass is 9.85. The molecule has 1 saturated carbocycles. The summed E-state index contributed by atoms with van der Waals surface area (Å²) in [6.45, 7) is 7.44. The molecule has 2 saturated heterocycles. The average molecular weight is 474 g/mol. The number of benzene rings is 1. The largest absolute Gasteiger partial charge is 0.389 e. The molecule has 3 fully saturated rings. The van der Waals surface area contributed by atoms with Crippen molar-refractivity contribution in [3.63, 3.8) is 0 Å². The van der Waals surface area contributed by atoms with Crippen molar-refractivity contribution in [1.82, 2.24) is 9.88 Å². The van der Waals surface area contributed by atoms with Gasteiger partial charge in [0.2, 0.25) is 5.91 Å². The number of hydrogen-bond donors (Lipinski definition) is 2. The summed E-state index contributed by atoms with van der Waals surface area (Å²) in [4.78, 5) is 19.2. The number of aliphatic hydroxyl groups excluding tert-OH is 1. The van der Waals surface area contributed by atoms with E-state index in [2.05, 4.69) is 28.2 Å². The number of rotatable bonds is 6. The molecule has 4 atom stereocenters. The highest BCUT2D eigenvalue weighted by Gasteiger charge is 2.45. The quantitative estimate of drug-likeness (QED) is 0.667. The Morgan fingerprint density at radius 1 is 1.33 bits per heavy atom. The molecule has 0 radical (unpaired) electrons. The first kappa shape index (κ1) is 23.0. The van der Waals surface area contributed by atoms with E-state index in [1.807, 2.05) is 19.1 Å². The third-order valence-electron chi connectivity index (χ3n) is 7.58. The summed E-state index contributed by atoms with van der Waals surface area (Å²) < 4.78 is 11.0. The molecule has 1 amide bonds. The number of anilines is 1. The van der Waals surface area contributed by atoms with Crippen LogP contribution in [0, 0.1) is 5.92 Å². The lowest BCUT2D eigenvalue weighted by molar-refractivity contribution is -0.118. The van der Waals surface area contributed by atoms with E-state index < -0.39 is 6.10 Å². The molecular weight excluding hydrogens is 442 g/mol. The Morgan fingerprint density at radius 2 is 2.12 bits per heavy atom. The fourth-order valence-corrected chi connectivity index (χ4v) is 5.61. The third kappa shape index (κ3) is 4.49. The van der Waals surface area contributed by atoms with E-state index in [0.717, 1.165) is 53.7 Å². The Kier molecular flexibility index (Phi) is 6.35. The Balaban J connectivity index is 1.29. The van der Waals surface area contributed by atoms with Crippen molar-refractivity contribution in [2.24, 2.45) is 5.92 Å². The molecule has 2 aromatic rings. The van der Waals surface area contributed by atoms with Crippen molar-refractivity contribution in [1.29, 1.82) is 0 Å². The van der Waals surface area contributed by atoms with E-state index in [4.69, 9.17) is 21.1 Å². The molecule has 1 aliphatic carbocycles. The van der Waals surface area contributed by atoms with Crippen molar-refractivity contribution in [2.45, 2.75) is 56.8 Å². The maximum absolute atomic E-state index is 12.5. The standard InChI is InChI=1S/C25H32ClN3O4/c1-3-33-21-11-19(21)24(31)28-23-10-16-8-18(20(26)9-17(16)12-27-23)15-4-6-29(7-5-15)25(2)14-32-13-22(25)30/h8-10,12,15,19,21-22,30H,3-7,11,13-14H2,1-2H3,(H,27,28,31)/t19-,21-,22-,25+/m1/s1. The minimum atomic E-state index is -0.445. The minimum Gasteiger partial charge on any atom is -0.389 e. The number of fused-ring (bicyclic) bond motifs is 1. The molecule has 2 N–H and O–H groups in total. The molecule has 33 heavy (non-hydrogen) atoms. The smallest absolute Gasteiger partial charge is 0.231 e. The van der Waals surface area contributed by atoms with Crippen LogP contribution < -0.4 is 5.32 Å². The molecule has 3 aliphatic rings. The van der Waals surface area contributed by atoms with Crippen LogP contribution in [0.1, 0.15) is 44.6 Å². The molecule has 3 heterocycles. The summed E-state index contributed by atoms with van der Waals surface area (Å²) >= 11 is 6.69. The average Bonchev–Trinajstić information content (AvgIpc) is 3.50. The van der Waals surface area contributed by atoms with Gasteiger partial charge in [-0.1, -0.05) is 11.6 Å². The monoisotopic (exact) mass is 473 g/mol. The first-order valence-corrected chi connectivity index (χ1v) is 12.3. The van der Waals surface area contributed by atoms with Gasteiger partial charge < -0.3 is 19.9 Å². The van der Waals surface area contributed by atoms with Gasteiger partial charge in [0.15, 0.2) is 0 Å². The van der Waals surface area contributed by atoms with Gasteiger partial charge in [-0.2, -0.15) is 0 Å². The van der Waals surface area contributed by atoms with E-state index in [9.17, 15) is 9.90 Å². The van der Waals surface area contributed by atoms with Crippen molar-refractivity contribution in [3.8, 4) is 0 Å². The van der Waals surface area contributed by atoms with Crippen molar-refractivity contribution >= 4 is 34.1 Å². The van der Waals surface area contributed by atoms with Crippen molar-refractivity contribution in [3.05, 3.63) is 35.0 Å². The predicted molar refractivity (Wildman–Crippen MR) is 128 cm³/mol. The second kappa shape index (κ2) is 9.12. The Hall–Kier alpha value is -1.77. The molecule has 8 heteroatoms. The lowest BCUT2D eigenvalue weighted by Gasteiger charge is -2.43. The molecule has 0 spiro atoms. The highest BCUT2D eigenvalue weighted by molar-refractivity contribution is 6.32. The Labute approximate surface area is 199 Å². The normalized spacial score (nSPS) is 30.6. The number of halogens is 1. The molecule has 178 valence electrons. The second-order valence-electron chi connectivity index (χ2n) is 9.77.